The van der Waals surface area contributed by atoms with Crippen LogP contribution in [0.25, 0.3) is 0 Å². The topological polar surface area (TPSA) is 37.4 Å². The molecule has 0 spiro atoms. The Balaban J connectivity index is 0.000000399. The van der Waals surface area contributed by atoms with Gasteiger partial charge in [0.15, 0.2) is 0 Å². The molecule has 1 aliphatic rings. The van der Waals surface area contributed by atoms with Crippen LogP contribution in [0.4, 0.5) is 5.69 Å². The van der Waals surface area contributed by atoms with Gasteiger partial charge in [0, 0.05) is 12.2 Å². The highest BCUT2D eigenvalue weighted by molar-refractivity contribution is 6.28. The Kier molecular flexibility index (Phi) is 5.24. The highest BCUT2D eigenvalue weighted by Gasteiger charge is 2.26. The normalized spacial score (nSPS) is 13.3. The van der Waals surface area contributed by atoms with Gasteiger partial charge in [0.25, 0.3) is 11.8 Å². The van der Waals surface area contributed by atoms with Crippen LogP contribution in [0.2, 0.25) is 0 Å². The molecule has 0 radical (unpaired) electrons. The summed E-state index contributed by atoms with van der Waals surface area (Å²) < 4.78 is 0. The van der Waals surface area contributed by atoms with E-state index in [2.05, 4.69) is 6.58 Å². The number of anilines is 1. The van der Waals surface area contributed by atoms with Crippen molar-refractivity contribution in [2.24, 2.45) is 0 Å². The molecule has 1 aromatic carbocycles. The maximum atomic E-state index is 11.5. The van der Waals surface area contributed by atoms with E-state index in [-0.39, 0.29) is 11.8 Å². The van der Waals surface area contributed by atoms with Gasteiger partial charge in [-0.25, -0.2) is 4.90 Å². The minimum absolute atomic E-state index is 0.263. The molecule has 0 saturated heterocycles. The van der Waals surface area contributed by atoms with E-state index in [0.29, 0.717) is 5.69 Å². The van der Waals surface area contributed by atoms with Crippen molar-refractivity contribution < 1.29 is 9.59 Å². The number of rotatable bonds is 2. The summed E-state index contributed by atoms with van der Waals surface area (Å²) in [6.07, 6.45) is 3.40. The average Bonchev–Trinajstić information content (AvgIpc) is 2.68. The smallest absolute Gasteiger partial charge is 0.258 e. The first-order chi connectivity index (χ1) is 8.97. The summed E-state index contributed by atoms with van der Waals surface area (Å²) in [4.78, 5) is 24.2. The Bertz CT molecular complexity index is 507. The van der Waals surface area contributed by atoms with E-state index < -0.39 is 0 Å². The van der Waals surface area contributed by atoms with E-state index >= 15 is 0 Å². The van der Waals surface area contributed by atoms with Crippen LogP contribution in [0, 0.1) is 0 Å². The maximum absolute atomic E-state index is 11.5. The number of amides is 2. The third-order valence-corrected chi connectivity index (χ3v) is 2.42. The summed E-state index contributed by atoms with van der Waals surface area (Å²) in [5, 5.41) is 0. The molecule has 0 atom stereocenters. The lowest BCUT2D eigenvalue weighted by molar-refractivity contribution is -0.119. The quantitative estimate of drug-likeness (QED) is 0.602. The number of carbonyl (C=O) groups excluding carboxylic acids is 2. The fourth-order valence-electron chi connectivity index (χ4n) is 1.67. The SMILES string of the molecule is C=C(C)C.CCc1ccccc1N1C(=O)C=CC1=O. The minimum Gasteiger partial charge on any atom is -0.269 e. The molecule has 0 aromatic heterocycles. The van der Waals surface area contributed by atoms with Gasteiger partial charge < -0.3 is 0 Å². The van der Waals surface area contributed by atoms with Crippen LogP contribution < -0.4 is 4.90 Å². The number of carbonyl (C=O) groups is 2. The number of allylic oxidation sites excluding steroid dienone is 1. The summed E-state index contributed by atoms with van der Waals surface area (Å²) in [5.74, 6) is -0.526. The van der Waals surface area contributed by atoms with Gasteiger partial charge in [0.1, 0.15) is 0 Å². The molecule has 2 rings (SSSR count). The summed E-state index contributed by atoms with van der Waals surface area (Å²) in [6.45, 7) is 9.50. The third kappa shape index (κ3) is 3.91. The molecule has 100 valence electrons. The Morgan fingerprint density at radius 3 is 2.05 bits per heavy atom. The zero-order chi connectivity index (χ0) is 14.4. The van der Waals surface area contributed by atoms with Crippen molar-refractivity contribution in [2.45, 2.75) is 27.2 Å². The van der Waals surface area contributed by atoms with Crippen LogP contribution in [0.5, 0.6) is 0 Å². The molecule has 0 saturated carbocycles. The summed E-state index contributed by atoms with van der Waals surface area (Å²) in [6, 6.07) is 7.45. The summed E-state index contributed by atoms with van der Waals surface area (Å²) >= 11 is 0. The lowest BCUT2D eigenvalue weighted by Crippen LogP contribution is -2.30. The van der Waals surface area contributed by atoms with E-state index in [1.807, 2.05) is 39.0 Å². The predicted molar refractivity (Wildman–Crippen MR) is 77.9 cm³/mol. The second-order valence-corrected chi connectivity index (χ2v) is 4.53. The number of hydrogen-bond donors (Lipinski definition) is 0. The maximum Gasteiger partial charge on any atom is 0.258 e. The van der Waals surface area contributed by atoms with Gasteiger partial charge in [0.2, 0.25) is 0 Å². The van der Waals surface area contributed by atoms with Crippen molar-refractivity contribution >= 4 is 17.5 Å². The van der Waals surface area contributed by atoms with Crippen LogP contribution in [-0.2, 0) is 16.0 Å². The summed E-state index contributed by atoms with van der Waals surface area (Å²) in [7, 11) is 0. The fraction of sp³-hybridized carbons (Fsp3) is 0.250. The van der Waals surface area contributed by atoms with Gasteiger partial charge in [-0.2, -0.15) is 0 Å². The molecular formula is C16H19NO2. The highest BCUT2D eigenvalue weighted by Crippen LogP contribution is 2.23. The number of aryl methyl sites for hydroxylation is 1. The van der Waals surface area contributed by atoms with Crippen molar-refractivity contribution in [1.29, 1.82) is 0 Å². The van der Waals surface area contributed by atoms with Crippen LogP contribution >= 0.6 is 0 Å². The molecule has 2 amide bonds. The van der Waals surface area contributed by atoms with Crippen LogP contribution in [0.3, 0.4) is 0 Å². The standard InChI is InChI=1S/C12H11NO2.C4H8/c1-2-9-5-3-4-6-10(9)13-11(14)7-8-12(13)15;1-4(2)3/h3-8H,2H2,1H3;1H2,2-3H3. The molecule has 0 bridgehead atoms. The van der Waals surface area contributed by atoms with Gasteiger partial charge in [0.05, 0.1) is 5.69 Å². The van der Waals surface area contributed by atoms with Gasteiger partial charge in [-0.1, -0.05) is 30.7 Å². The number of nitrogens with zero attached hydrogens (tertiary/aromatic N) is 1. The van der Waals surface area contributed by atoms with Gasteiger partial charge in [-0.05, 0) is 31.9 Å². The molecule has 19 heavy (non-hydrogen) atoms. The zero-order valence-electron chi connectivity index (χ0n) is 11.6. The molecule has 1 aliphatic heterocycles. The van der Waals surface area contributed by atoms with Crippen molar-refractivity contribution in [2.75, 3.05) is 4.90 Å². The second kappa shape index (κ2) is 6.69. The molecule has 1 aromatic rings. The van der Waals surface area contributed by atoms with Crippen LogP contribution in [-0.4, -0.2) is 11.8 Å². The molecule has 0 unspecified atom stereocenters. The molecule has 0 N–H and O–H groups in total. The van der Waals surface area contributed by atoms with Crippen LogP contribution in [0.15, 0.2) is 48.6 Å². The minimum atomic E-state index is -0.263. The molecule has 0 fully saturated rings. The fourth-order valence-corrected chi connectivity index (χ4v) is 1.67. The molecule has 0 aliphatic carbocycles. The number of benzene rings is 1. The van der Waals surface area contributed by atoms with Crippen molar-refractivity contribution in [3.63, 3.8) is 0 Å². The molecular weight excluding hydrogens is 238 g/mol. The monoisotopic (exact) mass is 257 g/mol. The van der Waals surface area contributed by atoms with E-state index in [0.717, 1.165) is 12.0 Å². The number of imide groups is 1. The van der Waals surface area contributed by atoms with E-state index in [4.69, 9.17) is 0 Å². The first-order valence-electron chi connectivity index (χ1n) is 6.23. The highest BCUT2D eigenvalue weighted by atomic mass is 16.2. The number of para-hydroxylation sites is 1. The molecule has 3 heteroatoms. The van der Waals surface area contributed by atoms with Gasteiger partial charge >= 0.3 is 0 Å². The first-order valence-corrected chi connectivity index (χ1v) is 6.23. The van der Waals surface area contributed by atoms with E-state index in [1.165, 1.54) is 22.6 Å². The number of hydrogen-bond acceptors (Lipinski definition) is 2. The Morgan fingerprint density at radius 1 is 1.11 bits per heavy atom. The van der Waals surface area contributed by atoms with Crippen molar-refractivity contribution in [3.8, 4) is 0 Å². The van der Waals surface area contributed by atoms with Gasteiger partial charge in [-0.3, -0.25) is 9.59 Å². The molecule has 3 nitrogen and oxygen atoms in total. The lowest BCUT2D eigenvalue weighted by Gasteiger charge is -2.17. The Hall–Kier alpha value is -2.16. The van der Waals surface area contributed by atoms with E-state index in [1.54, 1.807) is 6.07 Å². The second-order valence-electron chi connectivity index (χ2n) is 4.53. The molecule has 1 heterocycles. The van der Waals surface area contributed by atoms with Gasteiger partial charge in [-0.15, -0.1) is 6.58 Å². The largest absolute Gasteiger partial charge is 0.269 e. The predicted octanol–water partition coefficient (Wildman–Crippen LogP) is 3.26. The third-order valence-electron chi connectivity index (χ3n) is 2.42. The Labute approximate surface area is 114 Å². The van der Waals surface area contributed by atoms with E-state index in [9.17, 15) is 9.59 Å². The van der Waals surface area contributed by atoms with Crippen molar-refractivity contribution in [1.82, 2.24) is 0 Å². The first kappa shape index (κ1) is 14.9. The zero-order valence-corrected chi connectivity index (χ0v) is 11.6. The van der Waals surface area contributed by atoms with Crippen molar-refractivity contribution in [3.05, 3.63) is 54.1 Å². The average molecular weight is 257 g/mol. The van der Waals surface area contributed by atoms with Crippen LogP contribution in [0.1, 0.15) is 26.3 Å². The lowest BCUT2D eigenvalue weighted by atomic mass is 10.1. The Morgan fingerprint density at radius 2 is 1.58 bits per heavy atom. The summed E-state index contributed by atoms with van der Waals surface area (Å²) in [5.41, 5.74) is 2.86.